The van der Waals surface area contributed by atoms with E-state index >= 15 is 0 Å². The summed E-state index contributed by atoms with van der Waals surface area (Å²) in [5, 5.41) is 0.0622. The smallest absolute Gasteiger partial charge is 0.142 e. The SMILES string of the molecule is NC(Cc1ccc(Cl)c(F)c1)c1ccc(Br)cc1F. The molecule has 0 aromatic heterocycles. The predicted molar refractivity (Wildman–Crippen MR) is 76.1 cm³/mol. The molecule has 5 heteroatoms. The molecule has 0 spiro atoms. The molecule has 1 unspecified atom stereocenters. The average molecular weight is 347 g/mol. The minimum atomic E-state index is -0.534. The van der Waals surface area contributed by atoms with Gasteiger partial charge in [0.15, 0.2) is 0 Å². The second kappa shape index (κ2) is 5.99. The Morgan fingerprint density at radius 2 is 1.84 bits per heavy atom. The Kier molecular flexibility index (Phi) is 4.55. The van der Waals surface area contributed by atoms with Crippen LogP contribution in [0.15, 0.2) is 40.9 Å². The molecule has 0 bridgehead atoms. The van der Waals surface area contributed by atoms with Crippen LogP contribution in [-0.2, 0) is 6.42 Å². The van der Waals surface area contributed by atoms with Crippen molar-refractivity contribution in [1.82, 2.24) is 0 Å². The summed E-state index contributed by atoms with van der Waals surface area (Å²) >= 11 is 8.79. The van der Waals surface area contributed by atoms with Gasteiger partial charge < -0.3 is 5.73 Å². The van der Waals surface area contributed by atoms with Crippen molar-refractivity contribution in [2.75, 3.05) is 0 Å². The van der Waals surface area contributed by atoms with Crippen molar-refractivity contribution in [1.29, 1.82) is 0 Å². The van der Waals surface area contributed by atoms with Crippen LogP contribution in [0.3, 0.4) is 0 Å². The quantitative estimate of drug-likeness (QED) is 0.862. The lowest BCUT2D eigenvalue weighted by molar-refractivity contribution is 0.577. The maximum Gasteiger partial charge on any atom is 0.142 e. The third kappa shape index (κ3) is 3.53. The third-order valence-corrected chi connectivity index (χ3v) is 3.60. The number of benzene rings is 2. The Hall–Kier alpha value is -0.970. The Bertz CT molecular complexity index is 604. The van der Waals surface area contributed by atoms with E-state index < -0.39 is 11.9 Å². The lowest BCUT2D eigenvalue weighted by Gasteiger charge is -2.13. The standard InChI is InChI=1S/C14H11BrClF2N/c15-9-2-3-10(12(17)7-9)14(19)6-8-1-4-11(16)13(18)5-8/h1-5,7,14H,6,19H2. The summed E-state index contributed by atoms with van der Waals surface area (Å²) in [6.07, 6.45) is 0.340. The molecule has 2 rings (SSSR count). The molecule has 0 aliphatic carbocycles. The zero-order valence-corrected chi connectivity index (χ0v) is 12.2. The molecule has 2 aromatic carbocycles. The average Bonchev–Trinajstić information content (AvgIpc) is 2.33. The van der Waals surface area contributed by atoms with Crippen molar-refractivity contribution in [2.45, 2.75) is 12.5 Å². The molecule has 0 aliphatic heterocycles. The molecule has 1 nitrogen and oxygen atoms in total. The van der Waals surface area contributed by atoms with Gasteiger partial charge in [0.25, 0.3) is 0 Å². The second-order valence-electron chi connectivity index (χ2n) is 4.22. The molecule has 0 fully saturated rings. The first-order valence-corrected chi connectivity index (χ1v) is 6.79. The summed E-state index contributed by atoms with van der Waals surface area (Å²) in [7, 11) is 0. The van der Waals surface area contributed by atoms with Crippen LogP contribution in [0.4, 0.5) is 8.78 Å². The van der Waals surface area contributed by atoms with Crippen LogP contribution < -0.4 is 5.73 Å². The summed E-state index contributed by atoms with van der Waals surface area (Å²) < 4.78 is 27.7. The summed E-state index contributed by atoms with van der Waals surface area (Å²) in [6, 6.07) is 8.64. The fourth-order valence-corrected chi connectivity index (χ4v) is 2.28. The molecule has 0 amide bonds. The van der Waals surface area contributed by atoms with Gasteiger partial charge >= 0.3 is 0 Å². The van der Waals surface area contributed by atoms with E-state index in [1.165, 1.54) is 18.2 Å². The zero-order chi connectivity index (χ0) is 14.0. The molecule has 0 aliphatic rings. The molecule has 100 valence electrons. The predicted octanol–water partition coefficient (Wildman–Crippen LogP) is 4.62. The van der Waals surface area contributed by atoms with E-state index in [9.17, 15) is 8.78 Å². The van der Waals surface area contributed by atoms with Gasteiger partial charge in [0, 0.05) is 16.1 Å². The molecular weight excluding hydrogens is 336 g/mol. The van der Waals surface area contributed by atoms with Gasteiger partial charge in [-0.3, -0.25) is 0 Å². The van der Waals surface area contributed by atoms with E-state index in [0.29, 0.717) is 22.0 Å². The van der Waals surface area contributed by atoms with Gasteiger partial charge in [-0.25, -0.2) is 8.78 Å². The van der Waals surface area contributed by atoms with E-state index in [1.54, 1.807) is 18.2 Å². The van der Waals surface area contributed by atoms with Gasteiger partial charge in [0.2, 0.25) is 0 Å². The van der Waals surface area contributed by atoms with Gasteiger partial charge in [0.1, 0.15) is 11.6 Å². The van der Waals surface area contributed by atoms with Gasteiger partial charge in [-0.2, -0.15) is 0 Å². The topological polar surface area (TPSA) is 26.0 Å². The van der Waals surface area contributed by atoms with E-state index in [1.807, 2.05) is 0 Å². The molecule has 0 radical (unpaired) electrons. The maximum atomic E-state index is 13.7. The van der Waals surface area contributed by atoms with Crippen molar-refractivity contribution in [2.24, 2.45) is 5.73 Å². The minimum Gasteiger partial charge on any atom is -0.324 e. The molecule has 0 saturated heterocycles. The van der Waals surface area contributed by atoms with Crippen molar-refractivity contribution < 1.29 is 8.78 Å². The number of hydrogen-bond donors (Lipinski definition) is 1. The third-order valence-electron chi connectivity index (χ3n) is 2.80. The fourth-order valence-electron chi connectivity index (χ4n) is 1.83. The van der Waals surface area contributed by atoms with E-state index in [0.717, 1.165) is 0 Å². The van der Waals surface area contributed by atoms with Crippen molar-refractivity contribution >= 4 is 27.5 Å². The van der Waals surface area contributed by atoms with Gasteiger partial charge in [-0.15, -0.1) is 0 Å². The molecule has 19 heavy (non-hydrogen) atoms. The zero-order valence-electron chi connectivity index (χ0n) is 9.84. The van der Waals surface area contributed by atoms with Crippen LogP contribution in [-0.4, -0.2) is 0 Å². The molecule has 2 N–H and O–H groups in total. The first-order chi connectivity index (χ1) is 8.97. The molecule has 0 heterocycles. The highest BCUT2D eigenvalue weighted by atomic mass is 79.9. The minimum absolute atomic E-state index is 0.0622. The highest BCUT2D eigenvalue weighted by Crippen LogP contribution is 2.24. The van der Waals surface area contributed by atoms with Crippen LogP contribution in [0.2, 0.25) is 5.02 Å². The van der Waals surface area contributed by atoms with Crippen LogP contribution in [0.25, 0.3) is 0 Å². The van der Waals surface area contributed by atoms with Crippen LogP contribution in [0.1, 0.15) is 17.2 Å². The Labute approximate surface area is 123 Å². The van der Waals surface area contributed by atoms with Crippen LogP contribution in [0.5, 0.6) is 0 Å². The number of nitrogens with two attached hydrogens (primary N) is 1. The lowest BCUT2D eigenvalue weighted by atomic mass is 9.99. The Morgan fingerprint density at radius 1 is 1.11 bits per heavy atom. The van der Waals surface area contributed by atoms with E-state index in [2.05, 4.69) is 15.9 Å². The first-order valence-electron chi connectivity index (χ1n) is 5.62. The Morgan fingerprint density at radius 3 is 2.47 bits per heavy atom. The number of halogens is 4. The molecule has 2 aromatic rings. The normalized spacial score (nSPS) is 12.5. The molecule has 1 atom stereocenters. The van der Waals surface area contributed by atoms with Crippen molar-refractivity contribution in [3.8, 4) is 0 Å². The second-order valence-corrected chi connectivity index (χ2v) is 5.55. The number of hydrogen-bond acceptors (Lipinski definition) is 1. The van der Waals surface area contributed by atoms with E-state index in [4.69, 9.17) is 17.3 Å². The summed E-state index contributed by atoms with van der Waals surface area (Å²) in [5.41, 5.74) is 7.03. The van der Waals surface area contributed by atoms with E-state index in [-0.39, 0.29) is 10.8 Å². The molecule has 0 saturated carbocycles. The monoisotopic (exact) mass is 345 g/mol. The Balaban J connectivity index is 2.20. The largest absolute Gasteiger partial charge is 0.324 e. The number of rotatable bonds is 3. The van der Waals surface area contributed by atoms with Crippen LogP contribution in [0, 0.1) is 11.6 Å². The summed E-state index contributed by atoms with van der Waals surface area (Å²) in [6.45, 7) is 0. The summed E-state index contributed by atoms with van der Waals surface area (Å²) in [4.78, 5) is 0. The lowest BCUT2D eigenvalue weighted by Crippen LogP contribution is -2.15. The molecular formula is C14H11BrClF2N. The van der Waals surface area contributed by atoms with Gasteiger partial charge in [0.05, 0.1) is 5.02 Å². The highest BCUT2D eigenvalue weighted by molar-refractivity contribution is 9.10. The van der Waals surface area contributed by atoms with Crippen molar-refractivity contribution in [3.05, 3.63) is 68.7 Å². The van der Waals surface area contributed by atoms with Gasteiger partial charge in [-0.1, -0.05) is 39.7 Å². The maximum absolute atomic E-state index is 13.7. The highest BCUT2D eigenvalue weighted by Gasteiger charge is 2.13. The summed E-state index contributed by atoms with van der Waals surface area (Å²) in [5.74, 6) is -0.876. The fraction of sp³-hybridized carbons (Fsp3) is 0.143. The van der Waals surface area contributed by atoms with Gasteiger partial charge in [-0.05, 0) is 36.2 Å². The van der Waals surface area contributed by atoms with Crippen LogP contribution >= 0.6 is 27.5 Å². The van der Waals surface area contributed by atoms with Crippen molar-refractivity contribution in [3.63, 3.8) is 0 Å². The first kappa shape index (κ1) is 14.4.